The second-order valence-corrected chi connectivity index (χ2v) is 4.22. The molecule has 1 nitrogen and oxygen atoms in total. The predicted octanol–water partition coefficient (Wildman–Crippen LogP) is 3.27. The van der Waals surface area contributed by atoms with Crippen LogP contribution in [0.2, 0.25) is 0 Å². The van der Waals surface area contributed by atoms with E-state index in [1.807, 2.05) is 20.8 Å². The van der Waals surface area contributed by atoms with Gasteiger partial charge in [-0.15, -0.1) is 0 Å². The van der Waals surface area contributed by atoms with E-state index in [0.29, 0.717) is 5.56 Å². The molecule has 0 unspecified atom stereocenters. The van der Waals surface area contributed by atoms with Crippen LogP contribution < -0.4 is 4.74 Å². The summed E-state index contributed by atoms with van der Waals surface area (Å²) in [6.07, 6.45) is 0. The van der Waals surface area contributed by atoms with Crippen LogP contribution in [0, 0.1) is 11.6 Å². The summed E-state index contributed by atoms with van der Waals surface area (Å²) >= 11 is 0. The molecule has 0 atom stereocenters. The highest BCUT2D eigenvalue weighted by molar-refractivity contribution is 5.35. The molecule has 0 heterocycles. The van der Waals surface area contributed by atoms with E-state index in [9.17, 15) is 8.78 Å². The van der Waals surface area contributed by atoms with Crippen molar-refractivity contribution in [3.63, 3.8) is 0 Å². The second-order valence-electron chi connectivity index (χ2n) is 4.22. The lowest BCUT2D eigenvalue weighted by atomic mass is 9.86. The van der Waals surface area contributed by atoms with Gasteiger partial charge >= 0.3 is 0 Å². The summed E-state index contributed by atoms with van der Waals surface area (Å²) in [6.45, 7) is 5.59. The molecule has 0 aliphatic carbocycles. The topological polar surface area (TPSA) is 9.23 Å². The Bertz CT molecular complexity index is 340. The second kappa shape index (κ2) is 3.56. The summed E-state index contributed by atoms with van der Waals surface area (Å²) in [5, 5.41) is 0. The zero-order valence-corrected chi connectivity index (χ0v) is 8.82. The molecule has 1 aromatic rings. The minimum absolute atomic E-state index is 0.0799. The molecule has 0 spiro atoms. The molecule has 0 aromatic heterocycles. The highest BCUT2D eigenvalue weighted by atomic mass is 19.1. The fourth-order valence-corrected chi connectivity index (χ4v) is 1.26. The average molecular weight is 200 g/mol. The Hall–Kier alpha value is -1.12. The van der Waals surface area contributed by atoms with Gasteiger partial charge in [0.25, 0.3) is 0 Å². The van der Waals surface area contributed by atoms with Crippen LogP contribution in [0.4, 0.5) is 8.78 Å². The summed E-state index contributed by atoms with van der Waals surface area (Å²) in [5.41, 5.74) is 0.0983. The van der Waals surface area contributed by atoms with Gasteiger partial charge in [0.2, 0.25) is 0 Å². The molecule has 1 rings (SSSR count). The Morgan fingerprint density at radius 1 is 1.07 bits per heavy atom. The Kier molecular flexibility index (Phi) is 2.79. The molecule has 0 amide bonds. The van der Waals surface area contributed by atoms with Crippen molar-refractivity contribution < 1.29 is 13.5 Å². The molecular weight excluding hydrogens is 186 g/mol. The minimum atomic E-state index is -0.669. The summed E-state index contributed by atoms with van der Waals surface area (Å²) in [4.78, 5) is 0. The Morgan fingerprint density at radius 2 is 1.64 bits per heavy atom. The maximum atomic E-state index is 13.4. The van der Waals surface area contributed by atoms with Crippen molar-refractivity contribution in [1.29, 1.82) is 0 Å². The van der Waals surface area contributed by atoms with Crippen LogP contribution in [0.25, 0.3) is 0 Å². The van der Waals surface area contributed by atoms with Crippen LogP contribution in [-0.4, -0.2) is 7.11 Å². The number of hydrogen-bond donors (Lipinski definition) is 0. The first-order valence-electron chi connectivity index (χ1n) is 4.40. The summed E-state index contributed by atoms with van der Waals surface area (Å²) in [5.74, 6) is -1.12. The van der Waals surface area contributed by atoms with Gasteiger partial charge in [-0.05, 0) is 17.0 Å². The highest BCUT2D eigenvalue weighted by Gasteiger charge is 2.21. The lowest BCUT2D eigenvalue weighted by molar-refractivity contribution is 0.380. The number of benzene rings is 1. The van der Waals surface area contributed by atoms with Gasteiger partial charge < -0.3 is 4.74 Å². The van der Waals surface area contributed by atoms with Crippen LogP contribution in [0.5, 0.6) is 5.75 Å². The lowest BCUT2D eigenvalue weighted by Gasteiger charge is -2.20. The highest BCUT2D eigenvalue weighted by Crippen LogP contribution is 2.30. The number of methoxy groups -OCH3 is 1. The van der Waals surface area contributed by atoms with Crippen LogP contribution in [-0.2, 0) is 5.41 Å². The molecule has 0 bridgehead atoms. The fraction of sp³-hybridized carbons (Fsp3) is 0.455. The molecule has 78 valence electrons. The summed E-state index contributed by atoms with van der Waals surface area (Å²) in [7, 11) is 1.36. The van der Waals surface area contributed by atoms with Gasteiger partial charge in [0.1, 0.15) is 5.82 Å². The van der Waals surface area contributed by atoms with Crippen LogP contribution in [0.3, 0.4) is 0 Å². The molecule has 0 N–H and O–H groups in total. The minimum Gasteiger partial charge on any atom is -0.494 e. The van der Waals surface area contributed by atoms with Gasteiger partial charge in [0.15, 0.2) is 11.6 Å². The number of rotatable bonds is 1. The number of hydrogen-bond acceptors (Lipinski definition) is 1. The van der Waals surface area contributed by atoms with E-state index < -0.39 is 11.6 Å². The Balaban J connectivity index is 3.32. The first-order chi connectivity index (χ1) is 6.36. The smallest absolute Gasteiger partial charge is 0.167 e. The zero-order chi connectivity index (χ0) is 10.9. The molecule has 0 aliphatic heterocycles. The standard InChI is InChI=1S/C11H14F2O/c1-11(2,3)7-5-10(14-4)9(13)6-8(7)12/h5-6H,1-4H3. The molecule has 0 saturated heterocycles. The van der Waals surface area contributed by atoms with E-state index in [2.05, 4.69) is 0 Å². The van der Waals surface area contributed by atoms with Crippen LogP contribution in [0.15, 0.2) is 12.1 Å². The third-order valence-corrected chi connectivity index (χ3v) is 2.05. The first-order valence-corrected chi connectivity index (χ1v) is 4.40. The van der Waals surface area contributed by atoms with Crippen LogP contribution >= 0.6 is 0 Å². The van der Waals surface area contributed by atoms with Gasteiger partial charge in [-0.1, -0.05) is 20.8 Å². The van der Waals surface area contributed by atoms with E-state index in [4.69, 9.17) is 4.74 Å². The number of halogens is 2. The Labute approximate surface area is 82.7 Å². The van der Waals surface area contributed by atoms with Gasteiger partial charge in [-0.3, -0.25) is 0 Å². The average Bonchev–Trinajstić information content (AvgIpc) is 2.02. The monoisotopic (exact) mass is 200 g/mol. The van der Waals surface area contributed by atoms with Crippen LogP contribution in [0.1, 0.15) is 26.3 Å². The maximum Gasteiger partial charge on any atom is 0.167 e. The zero-order valence-electron chi connectivity index (χ0n) is 8.82. The van der Waals surface area contributed by atoms with Crippen molar-refractivity contribution in [2.45, 2.75) is 26.2 Å². The van der Waals surface area contributed by atoms with E-state index >= 15 is 0 Å². The number of ether oxygens (including phenoxy) is 1. The van der Waals surface area contributed by atoms with Crippen molar-refractivity contribution in [2.75, 3.05) is 7.11 Å². The predicted molar refractivity (Wildman–Crippen MR) is 51.6 cm³/mol. The lowest BCUT2D eigenvalue weighted by Crippen LogP contribution is -2.14. The fourth-order valence-electron chi connectivity index (χ4n) is 1.26. The maximum absolute atomic E-state index is 13.4. The Morgan fingerprint density at radius 3 is 2.07 bits per heavy atom. The van der Waals surface area contributed by atoms with Crippen molar-refractivity contribution in [2.24, 2.45) is 0 Å². The summed E-state index contributed by atoms with van der Waals surface area (Å²) < 4.78 is 31.2. The largest absolute Gasteiger partial charge is 0.494 e. The normalized spacial score (nSPS) is 11.6. The van der Waals surface area contributed by atoms with E-state index in [1.165, 1.54) is 13.2 Å². The molecule has 1 aromatic carbocycles. The molecule has 0 fully saturated rings. The van der Waals surface area contributed by atoms with E-state index in [-0.39, 0.29) is 11.2 Å². The van der Waals surface area contributed by atoms with Gasteiger partial charge in [0, 0.05) is 6.07 Å². The van der Waals surface area contributed by atoms with Gasteiger partial charge in [0.05, 0.1) is 7.11 Å². The molecule has 0 aliphatic rings. The summed E-state index contributed by atoms with van der Waals surface area (Å²) in [6, 6.07) is 2.27. The third kappa shape index (κ3) is 2.03. The molecule has 14 heavy (non-hydrogen) atoms. The van der Waals surface area contributed by atoms with Crippen molar-refractivity contribution >= 4 is 0 Å². The van der Waals surface area contributed by atoms with Gasteiger partial charge in [-0.25, -0.2) is 8.78 Å². The third-order valence-electron chi connectivity index (χ3n) is 2.05. The van der Waals surface area contributed by atoms with Crippen molar-refractivity contribution in [3.8, 4) is 5.75 Å². The molecule has 0 radical (unpaired) electrons. The van der Waals surface area contributed by atoms with E-state index in [1.54, 1.807) is 0 Å². The quantitative estimate of drug-likeness (QED) is 0.676. The van der Waals surface area contributed by atoms with Crippen molar-refractivity contribution in [1.82, 2.24) is 0 Å². The van der Waals surface area contributed by atoms with Crippen molar-refractivity contribution in [3.05, 3.63) is 29.3 Å². The van der Waals surface area contributed by atoms with E-state index in [0.717, 1.165) is 6.07 Å². The molecule has 3 heteroatoms. The molecular formula is C11H14F2O. The first kappa shape index (κ1) is 11.0. The van der Waals surface area contributed by atoms with Gasteiger partial charge in [-0.2, -0.15) is 0 Å². The molecule has 0 saturated carbocycles. The SMILES string of the molecule is COc1cc(C(C)(C)C)c(F)cc1F.